The summed E-state index contributed by atoms with van der Waals surface area (Å²) in [6.45, 7) is 1.38. The van der Waals surface area contributed by atoms with Gasteiger partial charge in [-0.05, 0) is 12.1 Å². The Labute approximate surface area is 125 Å². The largest absolute Gasteiger partial charge is 0.397 e. The smallest absolute Gasteiger partial charge is 0.259 e. The number of rotatable bonds is 2. The topological polar surface area (TPSA) is 103 Å². The Hall–Kier alpha value is -3.22. The predicted molar refractivity (Wildman–Crippen MR) is 82.6 cm³/mol. The van der Waals surface area contributed by atoms with Crippen LogP contribution >= 0.6 is 0 Å². The summed E-state index contributed by atoms with van der Waals surface area (Å²) in [6, 6.07) is 9.03. The van der Waals surface area contributed by atoms with Crippen LogP contribution in [0.15, 0.2) is 42.7 Å². The van der Waals surface area contributed by atoms with Gasteiger partial charge >= 0.3 is 0 Å². The Morgan fingerprint density at radius 3 is 2.59 bits per heavy atom. The number of carbonyl (C=O) groups is 2. The number of nitrogens with one attached hydrogen (secondary N) is 1. The van der Waals surface area contributed by atoms with E-state index in [1.54, 1.807) is 12.1 Å². The number of benzene rings is 1. The summed E-state index contributed by atoms with van der Waals surface area (Å²) >= 11 is 0. The standard InChI is InChI=1S/C15H13N5O2/c1-9(21)20-14-11(8-18-20)13(16)12(7-17-14)15(22)19-10-5-3-2-4-6-10/h2-8H,1H3,(H2,16,17)(H,19,22). The summed E-state index contributed by atoms with van der Waals surface area (Å²) in [7, 11) is 0. The number of para-hydroxylation sites is 1. The van der Waals surface area contributed by atoms with E-state index in [1.807, 2.05) is 18.2 Å². The van der Waals surface area contributed by atoms with Crippen LogP contribution in [-0.4, -0.2) is 26.6 Å². The third kappa shape index (κ3) is 2.28. The predicted octanol–water partition coefficient (Wildman–Crippen LogP) is 1.93. The van der Waals surface area contributed by atoms with Crippen molar-refractivity contribution in [1.29, 1.82) is 0 Å². The second-order valence-electron chi connectivity index (χ2n) is 4.72. The third-order valence-electron chi connectivity index (χ3n) is 3.21. The molecule has 7 heteroatoms. The highest BCUT2D eigenvalue weighted by atomic mass is 16.2. The average Bonchev–Trinajstić information content (AvgIpc) is 2.93. The van der Waals surface area contributed by atoms with Gasteiger partial charge in [0.1, 0.15) is 0 Å². The zero-order chi connectivity index (χ0) is 15.7. The fourth-order valence-electron chi connectivity index (χ4n) is 2.13. The molecule has 0 spiro atoms. The van der Waals surface area contributed by atoms with E-state index >= 15 is 0 Å². The molecule has 0 fully saturated rings. The molecule has 0 atom stereocenters. The monoisotopic (exact) mass is 295 g/mol. The van der Waals surface area contributed by atoms with Crippen molar-refractivity contribution in [3.63, 3.8) is 0 Å². The molecule has 22 heavy (non-hydrogen) atoms. The van der Waals surface area contributed by atoms with E-state index in [0.29, 0.717) is 16.7 Å². The van der Waals surface area contributed by atoms with E-state index in [2.05, 4.69) is 15.4 Å². The first-order chi connectivity index (χ1) is 10.6. The first kappa shape index (κ1) is 13.7. The molecule has 3 aromatic rings. The molecule has 0 aliphatic rings. The van der Waals surface area contributed by atoms with Gasteiger partial charge < -0.3 is 11.1 Å². The SMILES string of the molecule is CC(=O)n1ncc2c(N)c(C(=O)Nc3ccccc3)cnc21. The number of pyridine rings is 1. The van der Waals surface area contributed by atoms with Crippen LogP contribution in [0.1, 0.15) is 22.1 Å². The van der Waals surface area contributed by atoms with E-state index in [9.17, 15) is 9.59 Å². The van der Waals surface area contributed by atoms with E-state index in [1.165, 1.54) is 19.3 Å². The summed E-state index contributed by atoms with van der Waals surface area (Å²) in [5.74, 6) is -0.642. The molecule has 0 radical (unpaired) electrons. The number of nitrogens with zero attached hydrogens (tertiary/aromatic N) is 3. The van der Waals surface area contributed by atoms with Crippen molar-refractivity contribution in [1.82, 2.24) is 14.8 Å². The van der Waals surface area contributed by atoms with Gasteiger partial charge in [0.15, 0.2) is 5.65 Å². The van der Waals surface area contributed by atoms with E-state index in [4.69, 9.17) is 5.73 Å². The number of nitrogens with two attached hydrogens (primary N) is 1. The Morgan fingerprint density at radius 2 is 1.91 bits per heavy atom. The summed E-state index contributed by atoms with van der Waals surface area (Å²) in [5, 5.41) is 7.14. The van der Waals surface area contributed by atoms with E-state index < -0.39 is 0 Å². The zero-order valence-electron chi connectivity index (χ0n) is 11.8. The van der Waals surface area contributed by atoms with Gasteiger partial charge in [0.25, 0.3) is 5.91 Å². The quantitative estimate of drug-likeness (QED) is 0.752. The molecule has 1 amide bonds. The van der Waals surface area contributed by atoms with Gasteiger partial charge in [0.2, 0.25) is 5.91 Å². The van der Waals surface area contributed by atoms with Crippen LogP contribution in [0.5, 0.6) is 0 Å². The Kier molecular flexibility index (Phi) is 3.30. The van der Waals surface area contributed by atoms with Gasteiger partial charge in [-0.15, -0.1) is 0 Å². The Bertz CT molecular complexity index is 870. The number of amides is 1. The van der Waals surface area contributed by atoms with Crippen LogP contribution in [0.2, 0.25) is 0 Å². The lowest BCUT2D eigenvalue weighted by atomic mass is 10.1. The molecule has 0 saturated carbocycles. The number of hydrogen-bond donors (Lipinski definition) is 2. The number of aromatic nitrogens is 3. The van der Waals surface area contributed by atoms with Gasteiger partial charge in [-0.2, -0.15) is 9.78 Å². The number of nitrogen functional groups attached to an aromatic ring is 1. The van der Waals surface area contributed by atoms with Crippen LogP contribution in [0.3, 0.4) is 0 Å². The Balaban J connectivity index is 1.99. The second kappa shape index (κ2) is 5.28. The maximum absolute atomic E-state index is 12.3. The van der Waals surface area contributed by atoms with Gasteiger partial charge in [0, 0.05) is 18.8 Å². The lowest BCUT2D eigenvalue weighted by Crippen LogP contribution is -2.15. The highest BCUT2D eigenvalue weighted by Gasteiger charge is 2.17. The van der Waals surface area contributed by atoms with Crippen molar-refractivity contribution >= 4 is 34.2 Å². The molecule has 2 heterocycles. The minimum absolute atomic E-state index is 0.236. The normalized spacial score (nSPS) is 10.6. The van der Waals surface area contributed by atoms with Crippen molar-refractivity contribution in [3.05, 3.63) is 48.3 Å². The van der Waals surface area contributed by atoms with Crippen molar-refractivity contribution in [2.75, 3.05) is 11.1 Å². The molecular weight excluding hydrogens is 282 g/mol. The number of anilines is 2. The van der Waals surface area contributed by atoms with Crippen LogP contribution in [0.25, 0.3) is 11.0 Å². The number of carbonyl (C=O) groups excluding carboxylic acids is 2. The molecular formula is C15H13N5O2. The molecule has 7 nitrogen and oxygen atoms in total. The third-order valence-corrected chi connectivity index (χ3v) is 3.21. The molecule has 2 aromatic heterocycles. The fourth-order valence-corrected chi connectivity index (χ4v) is 2.13. The molecule has 3 N–H and O–H groups in total. The average molecular weight is 295 g/mol. The van der Waals surface area contributed by atoms with E-state index in [0.717, 1.165) is 4.68 Å². The molecule has 1 aromatic carbocycles. The van der Waals surface area contributed by atoms with Crippen LogP contribution in [-0.2, 0) is 0 Å². The molecule has 110 valence electrons. The first-order valence-corrected chi connectivity index (χ1v) is 6.57. The lowest BCUT2D eigenvalue weighted by Gasteiger charge is -2.08. The van der Waals surface area contributed by atoms with Crippen molar-refractivity contribution in [2.45, 2.75) is 6.92 Å². The maximum atomic E-state index is 12.3. The van der Waals surface area contributed by atoms with Crippen LogP contribution < -0.4 is 11.1 Å². The zero-order valence-corrected chi connectivity index (χ0v) is 11.8. The number of hydrogen-bond acceptors (Lipinski definition) is 5. The highest BCUT2D eigenvalue weighted by molar-refractivity contribution is 6.11. The van der Waals surface area contributed by atoms with Gasteiger partial charge in [-0.1, -0.05) is 18.2 Å². The maximum Gasteiger partial charge on any atom is 0.259 e. The fraction of sp³-hybridized carbons (Fsp3) is 0.0667. The Morgan fingerprint density at radius 1 is 1.18 bits per heavy atom. The summed E-state index contributed by atoms with van der Waals surface area (Å²) in [5.41, 5.74) is 7.49. The molecule has 0 bridgehead atoms. The summed E-state index contributed by atoms with van der Waals surface area (Å²) < 4.78 is 1.14. The molecule has 0 unspecified atom stereocenters. The minimum atomic E-state index is -0.367. The molecule has 0 aliphatic heterocycles. The summed E-state index contributed by atoms with van der Waals surface area (Å²) in [6.07, 6.45) is 2.77. The summed E-state index contributed by atoms with van der Waals surface area (Å²) in [4.78, 5) is 27.9. The van der Waals surface area contributed by atoms with Crippen molar-refractivity contribution < 1.29 is 9.59 Å². The number of fused-ring (bicyclic) bond motifs is 1. The van der Waals surface area contributed by atoms with Crippen molar-refractivity contribution in [3.8, 4) is 0 Å². The first-order valence-electron chi connectivity index (χ1n) is 6.57. The van der Waals surface area contributed by atoms with Gasteiger partial charge in [-0.3, -0.25) is 9.59 Å². The van der Waals surface area contributed by atoms with Crippen molar-refractivity contribution in [2.24, 2.45) is 0 Å². The minimum Gasteiger partial charge on any atom is -0.397 e. The molecule has 0 aliphatic carbocycles. The molecule has 3 rings (SSSR count). The van der Waals surface area contributed by atoms with Crippen LogP contribution in [0, 0.1) is 0 Å². The van der Waals surface area contributed by atoms with Crippen LogP contribution in [0.4, 0.5) is 11.4 Å². The lowest BCUT2D eigenvalue weighted by molar-refractivity contribution is 0.0925. The molecule has 0 saturated heterocycles. The van der Waals surface area contributed by atoms with E-state index in [-0.39, 0.29) is 23.1 Å². The second-order valence-corrected chi connectivity index (χ2v) is 4.72. The van der Waals surface area contributed by atoms with Gasteiger partial charge in [0.05, 0.1) is 22.8 Å². The van der Waals surface area contributed by atoms with Gasteiger partial charge in [-0.25, -0.2) is 4.98 Å². The highest BCUT2D eigenvalue weighted by Crippen LogP contribution is 2.23.